The summed E-state index contributed by atoms with van der Waals surface area (Å²) in [6.07, 6.45) is 3.50. The topological polar surface area (TPSA) is 85.6 Å². The first kappa shape index (κ1) is 16.7. The Hall–Kier alpha value is -3.16. The van der Waals surface area contributed by atoms with Crippen molar-refractivity contribution in [3.63, 3.8) is 0 Å². The first-order valence-corrected chi connectivity index (χ1v) is 7.88. The van der Waals surface area contributed by atoms with Crippen LogP contribution in [0.3, 0.4) is 0 Å². The minimum Gasteiger partial charge on any atom is -0.326 e. The largest absolute Gasteiger partial charge is 0.326 e. The van der Waals surface area contributed by atoms with Crippen molar-refractivity contribution < 1.29 is 9.18 Å². The molecule has 0 saturated heterocycles. The molecule has 0 radical (unpaired) electrons. The fourth-order valence-corrected chi connectivity index (χ4v) is 2.41. The molecule has 1 N–H and O–H groups in total. The number of hydrogen-bond acceptors (Lipinski definition) is 5. The van der Waals surface area contributed by atoms with Crippen molar-refractivity contribution in [3.05, 3.63) is 59.9 Å². The minimum absolute atomic E-state index is 0.137. The lowest BCUT2D eigenvalue weighted by atomic mass is 10.1. The van der Waals surface area contributed by atoms with E-state index in [1.165, 1.54) is 22.9 Å². The van der Waals surface area contributed by atoms with Gasteiger partial charge in [0, 0.05) is 24.0 Å². The Bertz CT molecular complexity index is 865. The summed E-state index contributed by atoms with van der Waals surface area (Å²) < 4.78 is 15.3. The smallest absolute Gasteiger partial charge is 0.224 e. The van der Waals surface area contributed by atoms with E-state index in [9.17, 15) is 9.18 Å². The number of rotatable bonds is 6. The molecule has 2 aromatic heterocycles. The molecule has 3 rings (SSSR count). The van der Waals surface area contributed by atoms with Crippen molar-refractivity contribution >= 4 is 11.6 Å². The Morgan fingerprint density at radius 1 is 1.28 bits per heavy atom. The molecule has 1 amide bonds. The van der Waals surface area contributed by atoms with E-state index >= 15 is 0 Å². The zero-order valence-electron chi connectivity index (χ0n) is 13.7. The second-order valence-electron chi connectivity index (χ2n) is 5.53. The Kier molecular flexibility index (Phi) is 5.08. The van der Waals surface area contributed by atoms with Gasteiger partial charge in [0.1, 0.15) is 11.5 Å². The number of aromatic nitrogens is 5. The number of halogens is 1. The van der Waals surface area contributed by atoms with Crippen molar-refractivity contribution in [2.24, 2.45) is 0 Å². The molecule has 0 atom stereocenters. The molecule has 0 spiro atoms. The number of pyridine rings is 1. The van der Waals surface area contributed by atoms with E-state index in [2.05, 4.69) is 25.8 Å². The maximum atomic E-state index is 14.0. The van der Waals surface area contributed by atoms with Gasteiger partial charge in [0.15, 0.2) is 5.82 Å². The third kappa shape index (κ3) is 4.23. The molecule has 0 saturated carbocycles. The standard InChI is InChI=1S/C17H17FN6O/c1-12-21-22-23-24(12)16-11-14(8-9-15(16)18)20-17(25)7-4-6-13-5-2-3-10-19-13/h2-3,5,8-11H,4,6-7H2,1H3,(H,20,25). The molecule has 0 aliphatic carbocycles. The number of nitrogens with one attached hydrogen (secondary N) is 1. The van der Waals surface area contributed by atoms with Crippen LogP contribution in [-0.2, 0) is 11.2 Å². The van der Waals surface area contributed by atoms with Gasteiger partial charge >= 0.3 is 0 Å². The van der Waals surface area contributed by atoms with Crippen molar-refractivity contribution in [2.45, 2.75) is 26.2 Å². The SMILES string of the molecule is Cc1nnnn1-c1cc(NC(=O)CCCc2ccccn2)ccc1F. The van der Waals surface area contributed by atoms with E-state index in [1.54, 1.807) is 13.1 Å². The van der Waals surface area contributed by atoms with Crippen LogP contribution >= 0.6 is 0 Å². The average Bonchev–Trinajstić information content (AvgIpc) is 3.03. The highest BCUT2D eigenvalue weighted by molar-refractivity contribution is 5.90. The average molecular weight is 340 g/mol. The first-order valence-electron chi connectivity index (χ1n) is 7.88. The number of hydrogen-bond donors (Lipinski definition) is 1. The predicted molar refractivity (Wildman–Crippen MR) is 89.7 cm³/mol. The maximum Gasteiger partial charge on any atom is 0.224 e. The third-order valence-corrected chi connectivity index (χ3v) is 3.65. The van der Waals surface area contributed by atoms with Crippen molar-refractivity contribution in [2.75, 3.05) is 5.32 Å². The zero-order valence-corrected chi connectivity index (χ0v) is 13.7. The fraction of sp³-hybridized carbons (Fsp3) is 0.235. The summed E-state index contributed by atoms with van der Waals surface area (Å²) in [5.74, 6) is -0.150. The fourth-order valence-electron chi connectivity index (χ4n) is 2.41. The number of tetrazole rings is 1. The molecule has 0 bridgehead atoms. The molecule has 25 heavy (non-hydrogen) atoms. The van der Waals surface area contributed by atoms with Crippen molar-refractivity contribution in [1.29, 1.82) is 0 Å². The van der Waals surface area contributed by atoms with Crippen molar-refractivity contribution in [3.8, 4) is 5.69 Å². The Morgan fingerprint density at radius 3 is 2.88 bits per heavy atom. The Balaban J connectivity index is 1.61. The molecule has 7 nitrogen and oxygen atoms in total. The van der Waals surface area contributed by atoms with Gasteiger partial charge in [-0.3, -0.25) is 9.78 Å². The number of nitrogens with zero attached hydrogens (tertiary/aromatic N) is 5. The molecular formula is C17H17FN6O. The van der Waals surface area contributed by atoms with Crippen LogP contribution in [0.5, 0.6) is 0 Å². The molecule has 0 unspecified atom stereocenters. The Morgan fingerprint density at radius 2 is 2.16 bits per heavy atom. The summed E-state index contributed by atoms with van der Waals surface area (Å²) in [6.45, 7) is 1.67. The van der Waals surface area contributed by atoms with Crippen LogP contribution in [0.1, 0.15) is 24.4 Å². The van der Waals surface area contributed by atoms with Crippen LogP contribution in [0.15, 0.2) is 42.6 Å². The number of benzene rings is 1. The van der Waals surface area contributed by atoms with E-state index in [0.29, 0.717) is 24.4 Å². The molecule has 3 aromatic rings. The van der Waals surface area contributed by atoms with Gasteiger partial charge in [-0.1, -0.05) is 6.07 Å². The number of anilines is 1. The molecule has 1 aromatic carbocycles. The number of carbonyl (C=O) groups is 1. The van der Waals surface area contributed by atoms with Gasteiger partial charge in [-0.25, -0.2) is 4.39 Å². The van der Waals surface area contributed by atoms with Gasteiger partial charge < -0.3 is 5.32 Å². The molecular weight excluding hydrogens is 323 g/mol. The predicted octanol–water partition coefficient (Wildman–Crippen LogP) is 2.47. The van der Waals surface area contributed by atoms with Crippen LogP contribution < -0.4 is 5.32 Å². The van der Waals surface area contributed by atoms with Crippen LogP contribution in [0.4, 0.5) is 10.1 Å². The minimum atomic E-state index is -0.469. The summed E-state index contributed by atoms with van der Waals surface area (Å²) in [4.78, 5) is 16.3. The molecule has 0 aliphatic heterocycles. The molecule has 128 valence electrons. The van der Waals surface area contributed by atoms with E-state index in [1.807, 2.05) is 18.2 Å². The molecule has 0 aliphatic rings. The highest BCUT2D eigenvalue weighted by Gasteiger charge is 2.11. The van der Waals surface area contributed by atoms with E-state index in [4.69, 9.17) is 0 Å². The zero-order chi connectivity index (χ0) is 17.6. The normalized spacial score (nSPS) is 10.6. The second kappa shape index (κ2) is 7.61. The van der Waals surface area contributed by atoms with Crippen LogP contribution in [-0.4, -0.2) is 31.1 Å². The van der Waals surface area contributed by atoms with Gasteiger partial charge in [-0.15, -0.1) is 5.10 Å². The number of carbonyl (C=O) groups excluding carboxylic acids is 1. The van der Waals surface area contributed by atoms with Crippen LogP contribution in [0, 0.1) is 12.7 Å². The van der Waals surface area contributed by atoms with Gasteiger partial charge in [-0.2, -0.15) is 4.68 Å². The molecule has 8 heteroatoms. The van der Waals surface area contributed by atoms with Crippen molar-refractivity contribution in [1.82, 2.24) is 25.2 Å². The van der Waals surface area contributed by atoms with E-state index in [-0.39, 0.29) is 11.6 Å². The lowest BCUT2D eigenvalue weighted by molar-refractivity contribution is -0.116. The summed E-state index contributed by atoms with van der Waals surface area (Å²) in [5.41, 5.74) is 1.64. The van der Waals surface area contributed by atoms with Crippen LogP contribution in [0.2, 0.25) is 0 Å². The first-order chi connectivity index (χ1) is 12.1. The van der Waals surface area contributed by atoms with Gasteiger partial charge in [0.25, 0.3) is 0 Å². The number of amides is 1. The lowest BCUT2D eigenvalue weighted by Crippen LogP contribution is -2.12. The van der Waals surface area contributed by atoms with E-state index < -0.39 is 5.82 Å². The summed E-state index contributed by atoms with van der Waals surface area (Å²) in [6, 6.07) is 10.0. The summed E-state index contributed by atoms with van der Waals surface area (Å²) in [7, 11) is 0. The van der Waals surface area contributed by atoms with E-state index in [0.717, 1.165) is 12.1 Å². The summed E-state index contributed by atoms with van der Waals surface area (Å²) in [5, 5.41) is 13.8. The molecule has 0 fully saturated rings. The molecule has 2 heterocycles. The Labute approximate surface area is 143 Å². The highest BCUT2D eigenvalue weighted by Crippen LogP contribution is 2.19. The monoisotopic (exact) mass is 340 g/mol. The van der Waals surface area contributed by atoms with Gasteiger partial charge in [0.2, 0.25) is 5.91 Å². The lowest BCUT2D eigenvalue weighted by Gasteiger charge is -2.09. The third-order valence-electron chi connectivity index (χ3n) is 3.65. The second-order valence-corrected chi connectivity index (χ2v) is 5.53. The maximum absolute atomic E-state index is 14.0. The summed E-state index contributed by atoms with van der Waals surface area (Å²) >= 11 is 0. The van der Waals surface area contributed by atoms with Gasteiger partial charge in [-0.05, 0) is 60.5 Å². The van der Waals surface area contributed by atoms with Crippen LogP contribution in [0.25, 0.3) is 5.69 Å². The van der Waals surface area contributed by atoms with Gasteiger partial charge in [0.05, 0.1) is 0 Å². The quantitative estimate of drug-likeness (QED) is 0.745. The number of aryl methyl sites for hydroxylation is 2. The highest BCUT2D eigenvalue weighted by atomic mass is 19.1.